The fourth-order valence-corrected chi connectivity index (χ4v) is 3.04. The fourth-order valence-electron chi connectivity index (χ4n) is 2.80. The molecule has 1 saturated heterocycles. The maximum atomic E-state index is 12.2. The first-order valence-corrected chi connectivity index (χ1v) is 8.63. The van der Waals surface area contributed by atoms with Crippen molar-refractivity contribution in [1.82, 2.24) is 15.5 Å². The molecule has 1 heterocycles. The molecule has 1 atom stereocenters. The summed E-state index contributed by atoms with van der Waals surface area (Å²) in [5.41, 5.74) is 2.70. The number of benzene rings is 1. The molecule has 1 aliphatic heterocycles. The van der Waals surface area contributed by atoms with Crippen LogP contribution in [0.3, 0.4) is 0 Å². The van der Waals surface area contributed by atoms with E-state index in [0.29, 0.717) is 10.7 Å². The minimum Gasteiger partial charge on any atom is -0.370 e. The predicted octanol–water partition coefficient (Wildman–Crippen LogP) is 3.24. The summed E-state index contributed by atoms with van der Waals surface area (Å²) < 4.78 is 0. The zero-order valence-corrected chi connectivity index (χ0v) is 15.0. The van der Waals surface area contributed by atoms with Gasteiger partial charge in [0.1, 0.15) is 0 Å². The molecule has 1 aromatic rings. The van der Waals surface area contributed by atoms with E-state index in [2.05, 4.69) is 28.7 Å². The van der Waals surface area contributed by atoms with E-state index in [-0.39, 0.29) is 11.9 Å². The average molecular weight is 343 g/mol. The topological polar surface area (TPSA) is 44.4 Å². The number of hydrogen-bond acceptors (Lipinski definition) is 3. The molecule has 1 unspecified atom stereocenters. The van der Waals surface area contributed by atoms with Gasteiger partial charge >= 0.3 is 0 Å². The Bertz CT molecular complexity index is 627. The Balaban J connectivity index is 1.95. The lowest BCUT2D eigenvalue weighted by molar-refractivity contribution is 0.0976. The van der Waals surface area contributed by atoms with Crippen LogP contribution >= 0.6 is 12.2 Å². The largest absolute Gasteiger partial charge is 0.370 e. The third kappa shape index (κ3) is 5.20. The molecule has 2 rings (SSSR count). The van der Waals surface area contributed by atoms with Gasteiger partial charge in [0.15, 0.2) is 5.11 Å². The quantitative estimate of drug-likeness (QED) is 0.651. The summed E-state index contributed by atoms with van der Waals surface area (Å²) in [6, 6.07) is 9.09. The Labute approximate surface area is 149 Å². The molecule has 0 aromatic heterocycles. The lowest BCUT2D eigenvalue weighted by atomic mass is 10.1. The standard InChI is InChI=1S/C19H25N3OS/c1-14(2)13-22-12-8-7-11-17(15(22)3)20-19(24)21-18(23)16-9-5-4-6-10-16/h4-6,9-10,17H,1,3,7-8,11-13H2,2H3,(H2,20,21,23,24). The lowest BCUT2D eigenvalue weighted by Crippen LogP contribution is -2.47. The van der Waals surface area contributed by atoms with Gasteiger partial charge in [0, 0.05) is 24.4 Å². The summed E-state index contributed by atoms with van der Waals surface area (Å²) in [4.78, 5) is 14.4. The summed E-state index contributed by atoms with van der Waals surface area (Å²) in [5, 5.41) is 6.33. The highest BCUT2D eigenvalue weighted by molar-refractivity contribution is 7.80. The smallest absolute Gasteiger partial charge is 0.257 e. The maximum Gasteiger partial charge on any atom is 0.257 e. The van der Waals surface area contributed by atoms with E-state index in [4.69, 9.17) is 12.2 Å². The van der Waals surface area contributed by atoms with Crippen LogP contribution in [0, 0.1) is 0 Å². The Morgan fingerprint density at radius 3 is 2.71 bits per heavy atom. The molecule has 0 saturated carbocycles. The number of nitrogens with one attached hydrogen (secondary N) is 2. The van der Waals surface area contributed by atoms with Crippen molar-refractivity contribution in [3.63, 3.8) is 0 Å². The van der Waals surface area contributed by atoms with Gasteiger partial charge < -0.3 is 10.2 Å². The third-order valence-electron chi connectivity index (χ3n) is 4.01. The molecule has 4 nitrogen and oxygen atoms in total. The van der Waals surface area contributed by atoms with Crippen LogP contribution in [0.2, 0.25) is 0 Å². The molecule has 1 fully saturated rings. The van der Waals surface area contributed by atoms with Gasteiger partial charge in [-0.3, -0.25) is 10.1 Å². The van der Waals surface area contributed by atoms with E-state index in [1.165, 1.54) is 0 Å². The number of amides is 1. The average Bonchev–Trinajstić information content (AvgIpc) is 2.71. The SMILES string of the molecule is C=C(C)CN1CCCCC(NC(=S)NC(=O)c2ccccc2)C1=C. The van der Waals surface area contributed by atoms with Crippen LogP contribution in [0.15, 0.2) is 54.8 Å². The van der Waals surface area contributed by atoms with Crippen LogP contribution in [0.1, 0.15) is 36.5 Å². The molecule has 1 aromatic carbocycles. The van der Waals surface area contributed by atoms with Crippen molar-refractivity contribution in [3.8, 4) is 0 Å². The number of thiocarbonyl (C=S) groups is 1. The van der Waals surface area contributed by atoms with E-state index < -0.39 is 0 Å². The molecular weight excluding hydrogens is 318 g/mol. The van der Waals surface area contributed by atoms with Gasteiger partial charge in [-0.2, -0.15) is 0 Å². The molecule has 0 spiro atoms. The number of likely N-dealkylation sites (tertiary alicyclic amines) is 1. The van der Waals surface area contributed by atoms with E-state index in [1.807, 2.05) is 25.1 Å². The number of hydrogen-bond donors (Lipinski definition) is 2. The van der Waals surface area contributed by atoms with E-state index in [9.17, 15) is 4.79 Å². The number of carbonyl (C=O) groups excluding carboxylic acids is 1. The van der Waals surface area contributed by atoms with Crippen molar-refractivity contribution >= 4 is 23.2 Å². The lowest BCUT2D eigenvalue weighted by Gasteiger charge is -2.30. The number of carbonyl (C=O) groups is 1. The highest BCUT2D eigenvalue weighted by Crippen LogP contribution is 2.20. The second kappa shape index (κ2) is 8.64. The molecule has 1 amide bonds. The first kappa shape index (κ1) is 18.2. The summed E-state index contributed by atoms with van der Waals surface area (Å²) in [5.74, 6) is -0.203. The minimum absolute atomic E-state index is 0.0374. The van der Waals surface area contributed by atoms with Crippen LogP contribution in [-0.2, 0) is 0 Å². The Morgan fingerprint density at radius 1 is 1.33 bits per heavy atom. The molecule has 0 bridgehead atoms. The highest BCUT2D eigenvalue weighted by Gasteiger charge is 2.22. The second-order valence-corrected chi connectivity index (χ2v) is 6.62. The van der Waals surface area contributed by atoms with Gasteiger partial charge in [-0.15, -0.1) is 0 Å². The van der Waals surface area contributed by atoms with Crippen molar-refractivity contribution in [1.29, 1.82) is 0 Å². The van der Waals surface area contributed by atoms with Crippen molar-refractivity contribution in [2.45, 2.75) is 32.2 Å². The van der Waals surface area contributed by atoms with Gasteiger partial charge in [0.05, 0.1) is 6.04 Å². The monoisotopic (exact) mass is 343 g/mol. The van der Waals surface area contributed by atoms with Gasteiger partial charge in [0.2, 0.25) is 0 Å². The van der Waals surface area contributed by atoms with Gasteiger partial charge in [-0.25, -0.2) is 0 Å². The Kier molecular flexibility index (Phi) is 6.55. The molecule has 1 aliphatic rings. The van der Waals surface area contributed by atoms with Crippen LogP contribution in [0.4, 0.5) is 0 Å². The van der Waals surface area contributed by atoms with E-state index in [0.717, 1.165) is 43.6 Å². The van der Waals surface area contributed by atoms with Crippen molar-refractivity contribution in [2.24, 2.45) is 0 Å². The summed E-state index contributed by atoms with van der Waals surface area (Å²) in [7, 11) is 0. The number of rotatable bonds is 4. The van der Waals surface area contributed by atoms with Gasteiger partial charge in [-0.05, 0) is 50.5 Å². The molecule has 2 N–H and O–H groups in total. The molecule has 128 valence electrons. The van der Waals surface area contributed by atoms with Crippen molar-refractivity contribution in [2.75, 3.05) is 13.1 Å². The van der Waals surface area contributed by atoms with E-state index >= 15 is 0 Å². The predicted molar refractivity (Wildman–Crippen MR) is 103 cm³/mol. The van der Waals surface area contributed by atoms with Gasteiger partial charge in [0.25, 0.3) is 5.91 Å². The first-order chi connectivity index (χ1) is 11.5. The van der Waals surface area contributed by atoms with Crippen molar-refractivity contribution < 1.29 is 4.79 Å². The molecule has 0 radical (unpaired) electrons. The van der Waals surface area contributed by atoms with Crippen LogP contribution < -0.4 is 10.6 Å². The van der Waals surface area contributed by atoms with Crippen LogP contribution in [0.5, 0.6) is 0 Å². The summed E-state index contributed by atoms with van der Waals surface area (Å²) in [6.07, 6.45) is 3.17. The number of nitrogens with zero attached hydrogens (tertiary/aromatic N) is 1. The fraction of sp³-hybridized carbons (Fsp3) is 0.368. The summed E-state index contributed by atoms with van der Waals surface area (Å²) >= 11 is 5.31. The van der Waals surface area contributed by atoms with Crippen LogP contribution in [0.25, 0.3) is 0 Å². The van der Waals surface area contributed by atoms with Gasteiger partial charge in [-0.1, -0.05) is 36.9 Å². The maximum absolute atomic E-state index is 12.2. The zero-order chi connectivity index (χ0) is 17.5. The second-order valence-electron chi connectivity index (χ2n) is 6.21. The zero-order valence-electron chi connectivity index (χ0n) is 14.2. The molecule has 24 heavy (non-hydrogen) atoms. The third-order valence-corrected chi connectivity index (χ3v) is 4.23. The molecule has 5 heteroatoms. The minimum atomic E-state index is -0.203. The van der Waals surface area contributed by atoms with Crippen molar-refractivity contribution in [3.05, 3.63) is 60.3 Å². The molecular formula is C19H25N3OS. The van der Waals surface area contributed by atoms with E-state index in [1.54, 1.807) is 12.1 Å². The highest BCUT2D eigenvalue weighted by atomic mass is 32.1. The Hall–Kier alpha value is -2.14. The normalized spacial score (nSPS) is 17.8. The first-order valence-electron chi connectivity index (χ1n) is 8.22. The van der Waals surface area contributed by atoms with Crippen LogP contribution in [-0.4, -0.2) is 35.1 Å². The summed E-state index contributed by atoms with van der Waals surface area (Å²) in [6.45, 7) is 12.0. The molecule has 0 aliphatic carbocycles. The Morgan fingerprint density at radius 2 is 2.04 bits per heavy atom.